The molecule has 2 aromatic rings. The van der Waals surface area contributed by atoms with E-state index in [-0.39, 0.29) is 22.7 Å². The molecule has 6 nitrogen and oxygen atoms in total. The number of nitrogens with one attached hydrogen (secondary N) is 1. The first-order chi connectivity index (χ1) is 9.94. The molecule has 0 fully saturated rings. The number of carboxylic acids is 1. The number of aromatic nitrogens is 1. The smallest absolute Gasteiger partial charge is 0.478 e. The third-order valence-electron chi connectivity index (χ3n) is 2.73. The number of halogens is 2. The molecule has 2 heterocycles. The zero-order valence-electron chi connectivity index (χ0n) is 10.3. The summed E-state index contributed by atoms with van der Waals surface area (Å²) in [5.74, 6) is -1.37. The lowest BCUT2D eigenvalue weighted by atomic mass is 10.2. The van der Waals surface area contributed by atoms with Gasteiger partial charge in [0.05, 0.1) is 5.69 Å². The molecule has 0 atom stereocenters. The molecule has 1 aromatic heterocycles. The van der Waals surface area contributed by atoms with E-state index in [1.807, 2.05) is 0 Å². The third kappa shape index (κ3) is 2.55. The van der Waals surface area contributed by atoms with E-state index in [1.165, 1.54) is 36.7 Å². The summed E-state index contributed by atoms with van der Waals surface area (Å²) in [6.45, 7) is 0. The summed E-state index contributed by atoms with van der Waals surface area (Å²) in [7, 11) is 0. The highest BCUT2D eigenvalue weighted by molar-refractivity contribution is 5.94. The van der Waals surface area contributed by atoms with Crippen molar-refractivity contribution >= 4 is 17.3 Å². The number of carboxylic acid groups (broad SMARTS) is 1. The van der Waals surface area contributed by atoms with Crippen molar-refractivity contribution in [1.29, 1.82) is 0 Å². The van der Waals surface area contributed by atoms with Gasteiger partial charge in [0, 0.05) is 24.1 Å². The monoisotopic (exact) mass is 294 g/mol. The minimum absolute atomic E-state index is 0.0412. The van der Waals surface area contributed by atoms with Gasteiger partial charge in [0.2, 0.25) is 0 Å². The highest BCUT2D eigenvalue weighted by Crippen LogP contribution is 2.42. The number of fused-ring (bicyclic) bond motifs is 1. The Morgan fingerprint density at radius 3 is 2.76 bits per heavy atom. The van der Waals surface area contributed by atoms with Crippen molar-refractivity contribution in [3.63, 3.8) is 0 Å². The molecule has 2 N–H and O–H groups in total. The van der Waals surface area contributed by atoms with Gasteiger partial charge in [-0.3, -0.25) is 4.98 Å². The Morgan fingerprint density at radius 2 is 2.00 bits per heavy atom. The van der Waals surface area contributed by atoms with Crippen molar-refractivity contribution in [3.05, 3.63) is 42.2 Å². The summed E-state index contributed by atoms with van der Waals surface area (Å²) >= 11 is 0. The van der Waals surface area contributed by atoms with Gasteiger partial charge in [-0.05, 0) is 18.2 Å². The Bertz CT molecular complexity index is 721. The van der Waals surface area contributed by atoms with Crippen LogP contribution in [0.1, 0.15) is 10.4 Å². The lowest BCUT2D eigenvalue weighted by molar-refractivity contribution is -0.286. The largest absolute Gasteiger partial charge is 0.586 e. The predicted octanol–water partition coefficient (Wildman–Crippen LogP) is 2.84. The molecule has 0 saturated heterocycles. The minimum atomic E-state index is -3.69. The van der Waals surface area contributed by atoms with E-state index in [2.05, 4.69) is 19.8 Å². The van der Waals surface area contributed by atoms with Gasteiger partial charge in [0.1, 0.15) is 5.56 Å². The normalized spacial score (nSPS) is 14.8. The number of rotatable bonds is 3. The summed E-state index contributed by atoms with van der Waals surface area (Å²) in [4.78, 5) is 14.8. The maximum Gasteiger partial charge on any atom is 0.586 e. The molecule has 108 valence electrons. The molecule has 1 aromatic carbocycles. The van der Waals surface area contributed by atoms with Crippen molar-refractivity contribution in [3.8, 4) is 11.5 Å². The Balaban J connectivity index is 1.89. The lowest BCUT2D eigenvalue weighted by Gasteiger charge is -2.09. The average molecular weight is 294 g/mol. The Kier molecular flexibility index (Phi) is 2.86. The van der Waals surface area contributed by atoms with E-state index < -0.39 is 12.3 Å². The fourth-order valence-corrected chi connectivity index (χ4v) is 1.86. The Labute approximate surface area is 116 Å². The van der Waals surface area contributed by atoms with Crippen LogP contribution in [0.5, 0.6) is 11.5 Å². The zero-order chi connectivity index (χ0) is 15.0. The molecule has 0 unspecified atom stereocenters. The first-order valence-corrected chi connectivity index (χ1v) is 5.79. The molecular formula is C13H8F2N2O4. The van der Waals surface area contributed by atoms with Gasteiger partial charge in [-0.1, -0.05) is 0 Å². The van der Waals surface area contributed by atoms with Crippen LogP contribution in [-0.4, -0.2) is 22.4 Å². The second-order valence-corrected chi connectivity index (χ2v) is 4.18. The first-order valence-electron chi connectivity index (χ1n) is 5.79. The van der Waals surface area contributed by atoms with Gasteiger partial charge < -0.3 is 19.9 Å². The highest BCUT2D eigenvalue weighted by atomic mass is 19.3. The topological polar surface area (TPSA) is 80.7 Å². The van der Waals surface area contributed by atoms with Crippen LogP contribution in [-0.2, 0) is 0 Å². The van der Waals surface area contributed by atoms with E-state index in [0.29, 0.717) is 5.69 Å². The number of hydrogen-bond acceptors (Lipinski definition) is 5. The van der Waals surface area contributed by atoms with Gasteiger partial charge in [0.15, 0.2) is 11.5 Å². The van der Waals surface area contributed by atoms with Crippen LogP contribution in [0.2, 0.25) is 0 Å². The van der Waals surface area contributed by atoms with Crippen LogP contribution in [0.3, 0.4) is 0 Å². The number of hydrogen-bond donors (Lipinski definition) is 2. The molecule has 1 aliphatic rings. The van der Waals surface area contributed by atoms with Crippen LogP contribution in [0.25, 0.3) is 0 Å². The van der Waals surface area contributed by atoms with E-state index in [0.717, 1.165) is 0 Å². The van der Waals surface area contributed by atoms with Crippen LogP contribution in [0.4, 0.5) is 20.2 Å². The van der Waals surface area contributed by atoms with Gasteiger partial charge in [0.25, 0.3) is 0 Å². The van der Waals surface area contributed by atoms with Gasteiger partial charge in [-0.2, -0.15) is 0 Å². The standard InChI is InChI=1S/C13H8F2N2O4/c14-13(15)20-10-2-1-7(5-11(10)21-13)17-9-3-4-16-6-8(9)12(18)19/h1-6H,(H,16,17)(H,18,19). The maximum absolute atomic E-state index is 12.9. The van der Waals surface area contributed by atoms with Gasteiger partial charge in [-0.15, -0.1) is 8.78 Å². The number of pyridine rings is 1. The number of benzene rings is 1. The number of anilines is 2. The van der Waals surface area contributed by atoms with E-state index >= 15 is 0 Å². The number of alkyl halides is 2. The fourth-order valence-electron chi connectivity index (χ4n) is 1.86. The predicted molar refractivity (Wildman–Crippen MR) is 67.1 cm³/mol. The molecule has 0 saturated carbocycles. The summed E-state index contributed by atoms with van der Waals surface area (Å²) < 4.78 is 34.4. The second kappa shape index (κ2) is 4.58. The molecule has 21 heavy (non-hydrogen) atoms. The quantitative estimate of drug-likeness (QED) is 0.906. The van der Waals surface area contributed by atoms with Crippen molar-refractivity contribution in [2.45, 2.75) is 6.29 Å². The number of aromatic carboxylic acids is 1. The van der Waals surface area contributed by atoms with E-state index in [1.54, 1.807) is 0 Å². The first kappa shape index (κ1) is 13.1. The van der Waals surface area contributed by atoms with Crippen molar-refractivity contribution in [1.82, 2.24) is 4.98 Å². The van der Waals surface area contributed by atoms with Crippen LogP contribution in [0, 0.1) is 0 Å². The summed E-state index contributed by atoms with van der Waals surface area (Å²) in [5.41, 5.74) is 0.618. The zero-order valence-corrected chi connectivity index (χ0v) is 10.3. The van der Waals surface area contributed by atoms with Crippen molar-refractivity contribution < 1.29 is 28.2 Å². The summed E-state index contributed by atoms with van der Waals surface area (Å²) in [6, 6.07) is 5.53. The van der Waals surface area contributed by atoms with E-state index in [4.69, 9.17) is 5.11 Å². The molecule has 0 radical (unpaired) electrons. The van der Waals surface area contributed by atoms with Gasteiger partial charge >= 0.3 is 12.3 Å². The van der Waals surface area contributed by atoms with Crippen LogP contribution in [0.15, 0.2) is 36.7 Å². The number of ether oxygens (including phenoxy) is 2. The van der Waals surface area contributed by atoms with Crippen LogP contribution >= 0.6 is 0 Å². The number of nitrogens with zero attached hydrogens (tertiary/aromatic N) is 1. The SMILES string of the molecule is O=C(O)c1cnccc1Nc1ccc2c(c1)OC(F)(F)O2. The molecule has 8 heteroatoms. The molecule has 0 aliphatic carbocycles. The second-order valence-electron chi connectivity index (χ2n) is 4.18. The minimum Gasteiger partial charge on any atom is -0.478 e. The molecule has 1 aliphatic heterocycles. The molecule has 0 bridgehead atoms. The summed E-state index contributed by atoms with van der Waals surface area (Å²) in [6.07, 6.45) is -1.09. The van der Waals surface area contributed by atoms with Crippen molar-refractivity contribution in [2.75, 3.05) is 5.32 Å². The highest BCUT2D eigenvalue weighted by Gasteiger charge is 2.43. The maximum atomic E-state index is 12.9. The lowest BCUT2D eigenvalue weighted by Crippen LogP contribution is -2.25. The van der Waals surface area contributed by atoms with Crippen LogP contribution < -0.4 is 14.8 Å². The van der Waals surface area contributed by atoms with Gasteiger partial charge in [-0.25, -0.2) is 4.79 Å². The summed E-state index contributed by atoms with van der Waals surface area (Å²) in [5, 5.41) is 11.9. The Hall–Kier alpha value is -2.90. The molecular weight excluding hydrogens is 286 g/mol. The molecule has 0 spiro atoms. The molecule has 0 amide bonds. The van der Waals surface area contributed by atoms with Crippen molar-refractivity contribution in [2.24, 2.45) is 0 Å². The average Bonchev–Trinajstić information content (AvgIpc) is 2.72. The molecule has 3 rings (SSSR count). The fraction of sp³-hybridized carbons (Fsp3) is 0.0769. The Morgan fingerprint density at radius 1 is 1.24 bits per heavy atom. The van der Waals surface area contributed by atoms with E-state index in [9.17, 15) is 13.6 Å². The third-order valence-corrected chi connectivity index (χ3v) is 2.73. The number of carbonyl (C=O) groups is 1.